The molecule has 0 fully saturated rings. The van der Waals surface area contributed by atoms with E-state index in [9.17, 15) is 5.26 Å². The molecule has 1 aliphatic rings. The van der Waals surface area contributed by atoms with Crippen molar-refractivity contribution in [3.05, 3.63) is 51.2 Å². The number of rotatable bonds is 1. The highest BCUT2D eigenvalue weighted by Crippen LogP contribution is 2.34. The Hall–Kier alpha value is -2.16. The number of aryl methyl sites for hydroxylation is 1. The minimum Gasteiger partial charge on any atom is -0.384 e. The second-order valence-electron chi connectivity index (χ2n) is 6.53. The molecule has 2 aromatic rings. The lowest BCUT2D eigenvalue weighted by Crippen LogP contribution is -2.33. The van der Waals surface area contributed by atoms with Crippen molar-refractivity contribution in [2.24, 2.45) is 0 Å². The maximum absolute atomic E-state index is 9.64. The Bertz CT molecular complexity index is 890. The van der Waals surface area contributed by atoms with Gasteiger partial charge in [-0.05, 0) is 44.0 Å². The smallest absolute Gasteiger partial charge is 0.127 e. The first kappa shape index (κ1) is 15.7. The van der Waals surface area contributed by atoms with Gasteiger partial charge < -0.3 is 10.5 Å². The van der Waals surface area contributed by atoms with Gasteiger partial charge in [-0.1, -0.05) is 24.4 Å². The fourth-order valence-corrected chi connectivity index (χ4v) is 3.41. The van der Waals surface area contributed by atoms with Crippen molar-refractivity contribution in [1.82, 2.24) is 4.57 Å². The zero-order chi connectivity index (χ0) is 16.8. The molecule has 0 saturated heterocycles. The minimum absolute atomic E-state index is 0.317. The number of pyridine rings is 1. The van der Waals surface area contributed by atoms with Gasteiger partial charge in [-0.15, -0.1) is 0 Å². The third-order valence-electron chi connectivity index (χ3n) is 4.21. The van der Waals surface area contributed by atoms with Crippen LogP contribution in [0.1, 0.15) is 36.1 Å². The van der Waals surface area contributed by atoms with Crippen LogP contribution in [0.15, 0.2) is 24.3 Å². The summed E-state index contributed by atoms with van der Waals surface area (Å²) in [5.41, 5.74) is 10.3. The number of nitrogens with zero attached hydrogens (tertiary/aromatic N) is 2. The molecule has 0 spiro atoms. The molecule has 2 heterocycles. The van der Waals surface area contributed by atoms with E-state index in [0.29, 0.717) is 29.0 Å². The van der Waals surface area contributed by atoms with E-state index in [1.54, 1.807) is 4.57 Å². The fourth-order valence-electron chi connectivity index (χ4n) is 3.03. The molecular weight excluding hydrogens is 306 g/mol. The summed E-state index contributed by atoms with van der Waals surface area (Å²) in [7, 11) is 0. The van der Waals surface area contributed by atoms with Crippen molar-refractivity contribution in [3.8, 4) is 11.8 Å². The molecule has 0 aliphatic carbocycles. The molecule has 23 heavy (non-hydrogen) atoms. The molecule has 0 amide bonds. The Balaban J connectivity index is 2.33. The Morgan fingerprint density at radius 2 is 2.09 bits per heavy atom. The van der Waals surface area contributed by atoms with E-state index in [-0.39, 0.29) is 5.60 Å². The molecule has 2 N–H and O–H groups in total. The number of nitrogens with two attached hydrogens (primary N) is 1. The molecule has 0 bridgehead atoms. The number of ether oxygens (including phenoxy) is 1. The number of hydrogen-bond donors (Lipinski definition) is 1. The van der Waals surface area contributed by atoms with Crippen molar-refractivity contribution in [3.63, 3.8) is 0 Å². The highest BCUT2D eigenvalue weighted by Gasteiger charge is 2.31. The normalized spacial score (nSPS) is 15.7. The molecule has 118 valence electrons. The second kappa shape index (κ2) is 5.48. The van der Waals surface area contributed by atoms with Gasteiger partial charge in [-0.3, -0.25) is 4.57 Å². The van der Waals surface area contributed by atoms with Gasteiger partial charge in [0.15, 0.2) is 0 Å². The molecule has 0 atom stereocenters. The summed E-state index contributed by atoms with van der Waals surface area (Å²) >= 11 is 5.67. The summed E-state index contributed by atoms with van der Waals surface area (Å²) in [6.07, 6.45) is 0.633. The van der Waals surface area contributed by atoms with E-state index in [1.807, 2.05) is 45.0 Å². The van der Waals surface area contributed by atoms with Crippen LogP contribution in [0.25, 0.3) is 5.69 Å². The Morgan fingerprint density at radius 1 is 1.35 bits per heavy atom. The van der Waals surface area contributed by atoms with Gasteiger partial charge >= 0.3 is 0 Å². The van der Waals surface area contributed by atoms with E-state index < -0.39 is 0 Å². The van der Waals surface area contributed by atoms with Crippen LogP contribution in [0.3, 0.4) is 0 Å². The minimum atomic E-state index is -0.317. The van der Waals surface area contributed by atoms with E-state index in [2.05, 4.69) is 6.07 Å². The topological polar surface area (TPSA) is 64.0 Å². The maximum Gasteiger partial charge on any atom is 0.127 e. The monoisotopic (exact) mass is 325 g/mol. The molecule has 1 aromatic carbocycles. The van der Waals surface area contributed by atoms with E-state index >= 15 is 0 Å². The molecular formula is C18H19N3OS. The lowest BCUT2D eigenvalue weighted by molar-refractivity contribution is -0.0405. The molecule has 5 heteroatoms. The molecule has 4 nitrogen and oxygen atoms in total. The van der Waals surface area contributed by atoms with Crippen LogP contribution in [0.5, 0.6) is 0 Å². The van der Waals surface area contributed by atoms with Gasteiger partial charge in [-0.2, -0.15) is 5.26 Å². The van der Waals surface area contributed by atoms with Gasteiger partial charge in [0.1, 0.15) is 16.5 Å². The van der Waals surface area contributed by atoms with E-state index in [1.165, 1.54) is 0 Å². The predicted octanol–water partition coefficient (Wildman–Crippen LogP) is 3.82. The van der Waals surface area contributed by atoms with Gasteiger partial charge in [0.25, 0.3) is 0 Å². The number of nitrogen functional groups attached to an aromatic ring is 1. The van der Waals surface area contributed by atoms with E-state index in [0.717, 1.165) is 22.4 Å². The van der Waals surface area contributed by atoms with Crippen LogP contribution in [0.4, 0.5) is 5.82 Å². The third-order valence-corrected chi connectivity index (χ3v) is 4.63. The van der Waals surface area contributed by atoms with Crippen molar-refractivity contribution < 1.29 is 4.74 Å². The quantitative estimate of drug-likeness (QED) is 0.810. The molecule has 3 rings (SSSR count). The standard InChI is InChI=1S/C18H19N3OS/c1-11-5-4-6-12(7-11)21-16(20)14(9-19)13-8-18(2,3)22-10-15(13)17(21)23/h4-7H,8,10,20H2,1-3H3. The average molecular weight is 325 g/mol. The number of anilines is 1. The fraction of sp³-hybridized carbons (Fsp3) is 0.333. The average Bonchev–Trinajstić information content (AvgIpc) is 2.46. The molecule has 1 aromatic heterocycles. The second-order valence-corrected chi connectivity index (χ2v) is 6.92. The van der Waals surface area contributed by atoms with Gasteiger partial charge in [0.05, 0.1) is 17.8 Å². The highest BCUT2D eigenvalue weighted by molar-refractivity contribution is 7.71. The number of fused-ring (bicyclic) bond motifs is 1. The molecule has 0 saturated carbocycles. The Labute approximate surface area is 141 Å². The Kier molecular flexibility index (Phi) is 3.75. The first-order valence-electron chi connectivity index (χ1n) is 7.51. The largest absolute Gasteiger partial charge is 0.384 e. The zero-order valence-corrected chi connectivity index (χ0v) is 14.3. The number of hydrogen-bond acceptors (Lipinski definition) is 4. The van der Waals surface area contributed by atoms with Crippen molar-refractivity contribution >= 4 is 18.0 Å². The maximum atomic E-state index is 9.64. The van der Waals surface area contributed by atoms with Crippen LogP contribution in [-0.2, 0) is 17.8 Å². The lowest BCUT2D eigenvalue weighted by atomic mass is 9.89. The van der Waals surface area contributed by atoms with Gasteiger partial charge in [0.2, 0.25) is 0 Å². The van der Waals surface area contributed by atoms with Gasteiger partial charge in [0, 0.05) is 17.7 Å². The summed E-state index contributed by atoms with van der Waals surface area (Å²) in [5.74, 6) is 0.402. The number of benzene rings is 1. The number of aromatic nitrogens is 1. The first-order chi connectivity index (χ1) is 10.8. The summed E-state index contributed by atoms with van der Waals surface area (Å²) in [4.78, 5) is 0. The molecule has 0 radical (unpaired) electrons. The predicted molar refractivity (Wildman–Crippen MR) is 93.0 cm³/mol. The zero-order valence-electron chi connectivity index (χ0n) is 13.5. The van der Waals surface area contributed by atoms with E-state index in [4.69, 9.17) is 22.7 Å². The summed E-state index contributed by atoms with van der Waals surface area (Å²) in [5, 5.41) is 9.64. The van der Waals surface area contributed by atoms with Crippen LogP contribution in [0, 0.1) is 22.9 Å². The van der Waals surface area contributed by atoms with Crippen molar-refractivity contribution in [1.29, 1.82) is 5.26 Å². The van der Waals surface area contributed by atoms with Crippen molar-refractivity contribution in [2.75, 3.05) is 5.73 Å². The summed E-state index contributed by atoms with van der Waals surface area (Å²) in [6, 6.07) is 10.2. The SMILES string of the molecule is Cc1cccc(-n2c(N)c(C#N)c3c(c2=S)COC(C)(C)C3)c1. The number of nitriles is 1. The van der Waals surface area contributed by atoms with Crippen molar-refractivity contribution in [2.45, 2.75) is 39.4 Å². The lowest BCUT2D eigenvalue weighted by Gasteiger charge is -2.33. The summed E-state index contributed by atoms with van der Waals surface area (Å²) < 4.78 is 8.30. The third kappa shape index (κ3) is 2.65. The Morgan fingerprint density at radius 3 is 2.74 bits per heavy atom. The van der Waals surface area contributed by atoms with Crippen LogP contribution < -0.4 is 5.73 Å². The summed E-state index contributed by atoms with van der Waals surface area (Å²) in [6.45, 7) is 6.44. The van der Waals surface area contributed by atoms with Gasteiger partial charge in [-0.25, -0.2) is 0 Å². The van der Waals surface area contributed by atoms with Crippen LogP contribution >= 0.6 is 12.2 Å². The first-order valence-corrected chi connectivity index (χ1v) is 7.92. The van der Waals surface area contributed by atoms with Crippen LogP contribution in [-0.4, -0.2) is 10.2 Å². The highest BCUT2D eigenvalue weighted by atomic mass is 32.1. The van der Waals surface area contributed by atoms with Crippen LogP contribution in [0.2, 0.25) is 0 Å². The molecule has 1 aliphatic heterocycles. The molecule has 0 unspecified atom stereocenters.